The first kappa shape index (κ1) is 12.3. The van der Waals surface area contributed by atoms with Crippen LogP contribution in [0.3, 0.4) is 0 Å². The van der Waals surface area contributed by atoms with E-state index in [4.69, 9.17) is 0 Å². The van der Waals surface area contributed by atoms with Crippen molar-refractivity contribution in [2.24, 2.45) is 0 Å². The van der Waals surface area contributed by atoms with Crippen molar-refractivity contribution in [1.29, 1.82) is 0 Å². The minimum atomic E-state index is -1.31. The normalized spacial score (nSPS) is 10.8. The van der Waals surface area contributed by atoms with E-state index >= 15 is 0 Å². The fourth-order valence-corrected chi connectivity index (χ4v) is 1.02. The van der Waals surface area contributed by atoms with Gasteiger partial charge in [-0.3, -0.25) is 4.79 Å². The molecule has 0 atom stereocenters. The molecule has 1 aromatic rings. The molecule has 0 fully saturated rings. The van der Waals surface area contributed by atoms with E-state index in [1.54, 1.807) is 19.0 Å². The molecular formula is C11H10F3NO. The van der Waals surface area contributed by atoms with Crippen molar-refractivity contribution in [2.45, 2.75) is 0 Å². The maximum Gasteiger partial charge on any atom is 0.190 e. The van der Waals surface area contributed by atoms with Gasteiger partial charge in [0.15, 0.2) is 17.4 Å². The van der Waals surface area contributed by atoms with Crippen LogP contribution in [0.1, 0.15) is 10.4 Å². The topological polar surface area (TPSA) is 20.3 Å². The Bertz CT molecular complexity index is 441. The lowest BCUT2D eigenvalue weighted by Crippen LogP contribution is -2.05. The van der Waals surface area contributed by atoms with Crippen LogP contribution in [0.25, 0.3) is 0 Å². The lowest BCUT2D eigenvalue weighted by molar-refractivity contribution is 0.104. The van der Waals surface area contributed by atoms with Gasteiger partial charge < -0.3 is 4.90 Å². The molecule has 0 spiro atoms. The Labute approximate surface area is 91.0 Å². The standard InChI is InChI=1S/C11H10F3NO/c1-15(2)4-3-11(16)7-5-9(13)10(14)6-8(7)12/h3-6H,1-2H3/b4-3+. The molecule has 0 N–H and O–H groups in total. The number of benzene rings is 1. The van der Waals surface area contributed by atoms with Crippen LogP contribution in [-0.4, -0.2) is 24.8 Å². The Morgan fingerprint density at radius 3 is 2.25 bits per heavy atom. The van der Waals surface area contributed by atoms with Crippen LogP contribution in [0, 0.1) is 17.5 Å². The number of rotatable bonds is 3. The third-order valence-electron chi connectivity index (χ3n) is 1.80. The molecule has 86 valence electrons. The highest BCUT2D eigenvalue weighted by molar-refractivity contribution is 6.04. The maximum atomic E-state index is 13.1. The molecule has 0 aliphatic carbocycles. The SMILES string of the molecule is CN(C)/C=C/C(=O)c1cc(F)c(F)cc1F. The molecule has 0 aliphatic heterocycles. The highest BCUT2D eigenvalue weighted by Crippen LogP contribution is 2.14. The second-order valence-corrected chi connectivity index (χ2v) is 3.39. The zero-order valence-electron chi connectivity index (χ0n) is 8.80. The van der Waals surface area contributed by atoms with Gasteiger partial charge in [-0.05, 0) is 6.07 Å². The molecule has 16 heavy (non-hydrogen) atoms. The summed E-state index contributed by atoms with van der Waals surface area (Å²) in [4.78, 5) is 13.0. The molecule has 0 aromatic heterocycles. The molecule has 0 heterocycles. The predicted molar refractivity (Wildman–Crippen MR) is 53.5 cm³/mol. The van der Waals surface area contributed by atoms with Crippen molar-refractivity contribution < 1.29 is 18.0 Å². The number of hydrogen-bond donors (Lipinski definition) is 0. The van der Waals surface area contributed by atoms with Crippen LogP contribution < -0.4 is 0 Å². The Morgan fingerprint density at radius 1 is 1.12 bits per heavy atom. The summed E-state index contributed by atoms with van der Waals surface area (Å²) in [5.41, 5.74) is -0.489. The maximum absolute atomic E-state index is 13.1. The van der Waals surface area contributed by atoms with E-state index in [-0.39, 0.29) is 0 Å². The number of carbonyl (C=O) groups is 1. The minimum Gasteiger partial charge on any atom is -0.383 e. The van der Waals surface area contributed by atoms with Crippen LogP contribution in [0.5, 0.6) is 0 Å². The van der Waals surface area contributed by atoms with Crippen LogP contribution in [0.15, 0.2) is 24.4 Å². The smallest absolute Gasteiger partial charge is 0.190 e. The van der Waals surface area contributed by atoms with E-state index in [0.29, 0.717) is 12.1 Å². The Balaban J connectivity index is 3.05. The van der Waals surface area contributed by atoms with E-state index in [2.05, 4.69) is 0 Å². The number of nitrogens with zero attached hydrogens (tertiary/aromatic N) is 1. The number of allylic oxidation sites excluding steroid dienone is 1. The Hall–Kier alpha value is -1.78. The molecule has 0 aliphatic rings. The average Bonchev–Trinajstić information content (AvgIpc) is 2.20. The molecule has 0 saturated carbocycles. The molecule has 1 aromatic carbocycles. The third-order valence-corrected chi connectivity index (χ3v) is 1.80. The Morgan fingerprint density at radius 2 is 1.69 bits per heavy atom. The number of halogens is 3. The molecule has 2 nitrogen and oxygen atoms in total. The van der Waals surface area contributed by atoms with Crippen molar-refractivity contribution in [2.75, 3.05) is 14.1 Å². The first-order chi connectivity index (χ1) is 7.41. The first-order valence-electron chi connectivity index (χ1n) is 4.45. The lowest BCUT2D eigenvalue weighted by atomic mass is 10.1. The second kappa shape index (κ2) is 4.83. The summed E-state index contributed by atoms with van der Waals surface area (Å²) in [7, 11) is 3.34. The van der Waals surface area contributed by atoms with Crippen molar-refractivity contribution >= 4 is 5.78 Å². The fourth-order valence-electron chi connectivity index (χ4n) is 1.02. The molecule has 0 unspecified atom stereocenters. The number of carbonyl (C=O) groups excluding carboxylic acids is 1. The van der Waals surface area contributed by atoms with Crippen molar-refractivity contribution in [3.05, 3.63) is 47.4 Å². The van der Waals surface area contributed by atoms with Crippen LogP contribution in [0.2, 0.25) is 0 Å². The van der Waals surface area contributed by atoms with Crippen LogP contribution in [0.4, 0.5) is 13.2 Å². The van der Waals surface area contributed by atoms with E-state index < -0.39 is 28.8 Å². The minimum absolute atomic E-state index is 0.353. The largest absolute Gasteiger partial charge is 0.383 e. The van der Waals surface area contributed by atoms with Gasteiger partial charge in [0.05, 0.1) is 5.56 Å². The summed E-state index contributed by atoms with van der Waals surface area (Å²) in [5, 5.41) is 0. The van der Waals surface area contributed by atoms with Crippen molar-refractivity contribution in [3.8, 4) is 0 Å². The van der Waals surface area contributed by atoms with Gasteiger partial charge in [-0.2, -0.15) is 0 Å². The molecule has 0 radical (unpaired) electrons. The quantitative estimate of drug-likeness (QED) is 0.450. The predicted octanol–water partition coefficient (Wildman–Crippen LogP) is 2.36. The zero-order chi connectivity index (χ0) is 12.3. The number of hydrogen-bond acceptors (Lipinski definition) is 2. The van der Waals surface area contributed by atoms with Gasteiger partial charge >= 0.3 is 0 Å². The monoisotopic (exact) mass is 229 g/mol. The second-order valence-electron chi connectivity index (χ2n) is 3.39. The summed E-state index contributed by atoms with van der Waals surface area (Å²) in [6.45, 7) is 0. The van der Waals surface area contributed by atoms with E-state index in [0.717, 1.165) is 6.08 Å². The van der Waals surface area contributed by atoms with Gasteiger partial charge in [-0.25, -0.2) is 13.2 Å². The zero-order valence-corrected chi connectivity index (χ0v) is 8.80. The summed E-state index contributed by atoms with van der Waals surface area (Å²) in [5.74, 6) is -4.36. The molecule has 1 rings (SSSR count). The summed E-state index contributed by atoms with van der Waals surface area (Å²) in [6, 6.07) is 0.902. The number of ketones is 1. The van der Waals surface area contributed by atoms with E-state index in [1.165, 1.54) is 6.20 Å². The molecule has 5 heteroatoms. The van der Waals surface area contributed by atoms with Gasteiger partial charge in [0.25, 0.3) is 0 Å². The summed E-state index contributed by atoms with van der Waals surface area (Å²) >= 11 is 0. The lowest BCUT2D eigenvalue weighted by Gasteiger charge is -2.03. The first-order valence-corrected chi connectivity index (χ1v) is 4.45. The fraction of sp³-hybridized carbons (Fsp3) is 0.182. The van der Waals surface area contributed by atoms with Crippen molar-refractivity contribution in [1.82, 2.24) is 4.90 Å². The van der Waals surface area contributed by atoms with Crippen LogP contribution in [-0.2, 0) is 0 Å². The molecule has 0 amide bonds. The van der Waals surface area contributed by atoms with Gasteiger partial charge in [0.2, 0.25) is 0 Å². The summed E-state index contributed by atoms with van der Waals surface area (Å²) < 4.78 is 38.5. The van der Waals surface area contributed by atoms with Crippen molar-refractivity contribution in [3.63, 3.8) is 0 Å². The highest BCUT2D eigenvalue weighted by Gasteiger charge is 2.14. The van der Waals surface area contributed by atoms with E-state index in [1.807, 2.05) is 0 Å². The molecule has 0 saturated heterocycles. The highest BCUT2D eigenvalue weighted by atomic mass is 19.2. The molecule has 0 bridgehead atoms. The van der Waals surface area contributed by atoms with Gasteiger partial charge in [0.1, 0.15) is 5.82 Å². The average molecular weight is 229 g/mol. The van der Waals surface area contributed by atoms with Crippen LogP contribution >= 0.6 is 0 Å². The van der Waals surface area contributed by atoms with Gasteiger partial charge in [0, 0.05) is 32.4 Å². The third kappa shape index (κ3) is 2.85. The molecular weight excluding hydrogens is 219 g/mol. The van der Waals surface area contributed by atoms with E-state index in [9.17, 15) is 18.0 Å². The van der Waals surface area contributed by atoms with Gasteiger partial charge in [-0.1, -0.05) is 0 Å². The Kier molecular flexibility index (Phi) is 3.71. The van der Waals surface area contributed by atoms with Gasteiger partial charge in [-0.15, -0.1) is 0 Å². The summed E-state index contributed by atoms with van der Waals surface area (Å²) in [6.07, 6.45) is 2.47.